The van der Waals surface area contributed by atoms with Crippen LogP contribution >= 0.6 is 11.3 Å². The van der Waals surface area contributed by atoms with Crippen LogP contribution in [0, 0.1) is 0 Å². The van der Waals surface area contributed by atoms with E-state index in [1.54, 1.807) is 6.20 Å². The van der Waals surface area contributed by atoms with Gasteiger partial charge in [-0.05, 0) is 70.4 Å². The fourth-order valence-electron chi connectivity index (χ4n) is 3.76. The maximum absolute atomic E-state index is 12.7. The van der Waals surface area contributed by atoms with E-state index in [0.717, 1.165) is 16.9 Å². The number of hydrogen-bond acceptors (Lipinski definition) is 5. The number of pyridine rings is 1. The average molecular weight is 352 g/mol. The summed E-state index contributed by atoms with van der Waals surface area (Å²) >= 11 is 0.392. The average Bonchev–Trinajstić information content (AvgIpc) is 2.89. The van der Waals surface area contributed by atoms with E-state index in [2.05, 4.69) is 42.6 Å². The molecular formula is C17H25N3OS2. The molecule has 1 atom stereocenters. The molecule has 2 aromatic rings. The molecule has 0 N–H and O–H groups in total. The topological polar surface area (TPSA) is 52.1 Å². The third kappa shape index (κ3) is 3.55. The van der Waals surface area contributed by atoms with Crippen molar-refractivity contribution >= 4 is 32.9 Å². The van der Waals surface area contributed by atoms with Crippen molar-refractivity contribution in [3.8, 4) is 0 Å². The van der Waals surface area contributed by atoms with Crippen LogP contribution in [0.25, 0.3) is 10.3 Å². The number of thiazole rings is 1. The molecule has 0 aliphatic carbocycles. The van der Waals surface area contributed by atoms with Crippen LogP contribution < -0.4 is 0 Å². The van der Waals surface area contributed by atoms with Crippen LogP contribution in [0.2, 0.25) is 0 Å². The minimum atomic E-state index is -1.06. The smallest absolute Gasteiger partial charge is 0.304 e. The van der Waals surface area contributed by atoms with Crippen LogP contribution in [0.5, 0.6) is 0 Å². The second-order valence-corrected chi connectivity index (χ2v) is 10.2. The van der Waals surface area contributed by atoms with Gasteiger partial charge < -0.3 is 4.55 Å². The van der Waals surface area contributed by atoms with E-state index in [9.17, 15) is 4.55 Å². The van der Waals surface area contributed by atoms with E-state index in [1.165, 1.54) is 30.6 Å². The second kappa shape index (κ2) is 6.31. The van der Waals surface area contributed by atoms with Gasteiger partial charge in [0, 0.05) is 35.0 Å². The van der Waals surface area contributed by atoms with Gasteiger partial charge in [-0.2, -0.15) is 4.98 Å². The number of piperidine rings is 1. The third-order valence-electron chi connectivity index (χ3n) is 4.88. The molecule has 0 saturated carbocycles. The zero-order chi connectivity index (χ0) is 16.7. The summed E-state index contributed by atoms with van der Waals surface area (Å²) in [5.74, 6) is 0.632. The SMILES string of the molecule is CC1(C)CCCC(C)(C)N1CC[S+]([O-])c1nc2cccnc2s1. The molecule has 3 rings (SSSR count). The van der Waals surface area contributed by atoms with Gasteiger partial charge in [0.15, 0.2) is 0 Å². The maximum Gasteiger partial charge on any atom is 0.304 e. The first kappa shape index (κ1) is 17.1. The summed E-state index contributed by atoms with van der Waals surface area (Å²) in [7, 11) is 0. The molecule has 0 aromatic carbocycles. The summed E-state index contributed by atoms with van der Waals surface area (Å²) in [6, 6.07) is 3.80. The molecule has 2 aromatic heterocycles. The van der Waals surface area contributed by atoms with Gasteiger partial charge in [-0.15, -0.1) is 0 Å². The summed E-state index contributed by atoms with van der Waals surface area (Å²) < 4.78 is 13.4. The van der Waals surface area contributed by atoms with Crippen molar-refractivity contribution in [2.45, 2.75) is 62.4 Å². The molecule has 0 amide bonds. The lowest BCUT2D eigenvalue weighted by molar-refractivity contribution is -0.0212. The summed E-state index contributed by atoms with van der Waals surface area (Å²) in [4.78, 5) is 12.2. The van der Waals surface area contributed by atoms with Crippen LogP contribution in [0.15, 0.2) is 22.7 Å². The third-order valence-corrected chi connectivity index (χ3v) is 7.50. The van der Waals surface area contributed by atoms with E-state index in [1.807, 2.05) is 12.1 Å². The Bertz CT molecular complexity index is 634. The van der Waals surface area contributed by atoms with Gasteiger partial charge >= 0.3 is 4.34 Å². The fraction of sp³-hybridized carbons (Fsp3) is 0.647. The van der Waals surface area contributed by atoms with Crippen LogP contribution in [0.4, 0.5) is 0 Å². The molecule has 1 saturated heterocycles. The van der Waals surface area contributed by atoms with Gasteiger partial charge in [0.25, 0.3) is 0 Å². The molecule has 1 aliphatic rings. The minimum Gasteiger partial charge on any atom is -0.610 e. The molecule has 1 fully saturated rings. The molecule has 1 unspecified atom stereocenters. The van der Waals surface area contributed by atoms with Gasteiger partial charge in [0.1, 0.15) is 16.1 Å². The van der Waals surface area contributed by atoms with Crippen molar-refractivity contribution in [1.29, 1.82) is 0 Å². The van der Waals surface area contributed by atoms with Crippen LogP contribution in [-0.2, 0) is 11.2 Å². The van der Waals surface area contributed by atoms with E-state index in [-0.39, 0.29) is 11.1 Å². The van der Waals surface area contributed by atoms with Crippen LogP contribution in [-0.4, -0.2) is 42.8 Å². The Labute approximate surface area is 145 Å². The fourth-order valence-corrected chi connectivity index (χ4v) is 5.98. The predicted octanol–water partition coefficient (Wildman–Crippen LogP) is 3.84. The van der Waals surface area contributed by atoms with Crippen molar-refractivity contribution in [3.05, 3.63) is 18.3 Å². The molecule has 3 heterocycles. The first-order chi connectivity index (χ1) is 10.8. The van der Waals surface area contributed by atoms with Gasteiger partial charge in [-0.25, -0.2) is 4.98 Å². The Kier molecular flexibility index (Phi) is 4.71. The highest BCUT2D eigenvalue weighted by molar-refractivity contribution is 7.93. The Morgan fingerprint density at radius 3 is 2.61 bits per heavy atom. The first-order valence-corrected chi connectivity index (χ1v) is 10.3. The number of nitrogens with zero attached hydrogens (tertiary/aromatic N) is 3. The van der Waals surface area contributed by atoms with Gasteiger partial charge in [0.2, 0.25) is 0 Å². The lowest BCUT2D eigenvalue weighted by atomic mass is 9.80. The Morgan fingerprint density at radius 2 is 1.96 bits per heavy atom. The zero-order valence-corrected chi connectivity index (χ0v) is 16.0. The molecule has 6 heteroatoms. The Balaban J connectivity index is 1.71. The maximum atomic E-state index is 12.7. The molecule has 1 aliphatic heterocycles. The summed E-state index contributed by atoms with van der Waals surface area (Å²) in [6.07, 6.45) is 5.43. The molecule has 126 valence electrons. The summed E-state index contributed by atoms with van der Waals surface area (Å²) in [5, 5.41) is 0. The highest BCUT2D eigenvalue weighted by atomic mass is 32.2. The van der Waals surface area contributed by atoms with Gasteiger partial charge in [0.05, 0.1) is 0 Å². The summed E-state index contributed by atoms with van der Waals surface area (Å²) in [6.45, 7) is 10.1. The van der Waals surface area contributed by atoms with E-state index >= 15 is 0 Å². The predicted molar refractivity (Wildman–Crippen MR) is 97.4 cm³/mol. The lowest BCUT2D eigenvalue weighted by Crippen LogP contribution is -2.59. The quantitative estimate of drug-likeness (QED) is 0.785. The molecule has 0 radical (unpaired) electrons. The Morgan fingerprint density at radius 1 is 1.26 bits per heavy atom. The zero-order valence-electron chi connectivity index (χ0n) is 14.3. The number of fused-ring (bicyclic) bond motifs is 1. The standard InChI is InChI=1S/C17H25N3OS2/c1-16(2)8-6-9-17(3,4)20(16)11-12-23(21)15-19-13-7-5-10-18-14(13)22-15/h5,7,10H,6,8-9,11-12H2,1-4H3. The first-order valence-electron chi connectivity index (χ1n) is 8.17. The molecule has 0 spiro atoms. The van der Waals surface area contributed by atoms with Gasteiger partial charge in [-0.3, -0.25) is 4.90 Å². The molecular weight excluding hydrogens is 326 g/mol. The van der Waals surface area contributed by atoms with E-state index in [0.29, 0.717) is 10.1 Å². The highest BCUT2D eigenvalue weighted by Crippen LogP contribution is 2.38. The number of aromatic nitrogens is 2. The molecule has 0 bridgehead atoms. The Hall–Kier alpha value is -0.690. The van der Waals surface area contributed by atoms with E-state index < -0.39 is 11.2 Å². The highest BCUT2D eigenvalue weighted by Gasteiger charge is 2.41. The van der Waals surface area contributed by atoms with Crippen molar-refractivity contribution in [2.24, 2.45) is 0 Å². The second-order valence-electron chi connectivity index (χ2n) is 7.49. The van der Waals surface area contributed by atoms with Crippen molar-refractivity contribution in [2.75, 3.05) is 12.3 Å². The minimum absolute atomic E-state index is 0.168. The van der Waals surface area contributed by atoms with Crippen molar-refractivity contribution in [1.82, 2.24) is 14.9 Å². The van der Waals surface area contributed by atoms with Crippen molar-refractivity contribution < 1.29 is 4.55 Å². The van der Waals surface area contributed by atoms with Crippen LogP contribution in [0.1, 0.15) is 47.0 Å². The largest absolute Gasteiger partial charge is 0.610 e. The van der Waals surface area contributed by atoms with Crippen molar-refractivity contribution in [3.63, 3.8) is 0 Å². The molecule has 4 nitrogen and oxygen atoms in total. The lowest BCUT2D eigenvalue weighted by Gasteiger charge is -2.52. The number of hydrogen-bond donors (Lipinski definition) is 0. The molecule has 23 heavy (non-hydrogen) atoms. The number of likely N-dealkylation sites (tertiary alicyclic amines) is 1. The summed E-state index contributed by atoms with van der Waals surface area (Å²) in [5.41, 5.74) is 1.18. The number of rotatable bonds is 4. The van der Waals surface area contributed by atoms with Crippen LogP contribution in [0.3, 0.4) is 0 Å². The normalized spacial score (nSPS) is 22.3. The monoisotopic (exact) mass is 351 g/mol. The van der Waals surface area contributed by atoms with E-state index in [4.69, 9.17) is 0 Å². The van der Waals surface area contributed by atoms with Gasteiger partial charge in [-0.1, -0.05) is 0 Å².